The number of nitrogens with one attached hydrogen (secondary N) is 2. The van der Waals surface area contributed by atoms with Crippen LogP contribution in [0.2, 0.25) is 0 Å². The average molecular weight is 263 g/mol. The first kappa shape index (κ1) is 14.4. The van der Waals surface area contributed by atoms with Crippen molar-refractivity contribution in [3.63, 3.8) is 0 Å². The second-order valence-electron chi connectivity index (χ2n) is 4.69. The Balaban J connectivity index is 2.29. The molecule has 0 radical (unpaired) electrons. The van der Waals surface area contributed by atoms with Crippen molar-refractivity contribution in [2.24, 2.45) is 5.14 Å². The first-order valence-corrected chi connectivity index (χ1v) is 7.59. The van der Waals surface area contributed by atoms with E-state index >= 15 is 0 Å². The predicted octanol–water partition coefficient (Wildman–Crippen LogP) is -0.687. The highest BCUT2D eigenvalue weighted by Crippen LogP contribution is 2.18. The van der Waals surface area contributed by atoms with E-state index in [0.717, 1.165) is 25.8 Å². The molecule has 1 rings (SSSR count). The maximum atomic E-state index is 11.9. The number of hydrogen-bond donors (Lipinski definition) is 3. The fourth-order valence-corrected chi connectivity index (χ4v) is 2.47. The van der Waals surface area contributed by atoms with Gasteiger partial charge in [-0.05, 0) is 39.2 Å². The Bertz CT molecular complexity index is 361. The normalized spacial score (nSPS) is 25.5. The van der Waals surface area contributed by atoms with E-state index in [4.69, 9.17) is 5.14 Å². The highest BCUT2D eigenvalue weighted by Gasteiger charge is 2.33. The van der Waals surface area contributed by atoms with Gasteiger partial charge in [-0.3, -0.25) is 4.79 Å². The summed E-state index contributed by atoms with van der Waals surface area (Å²) >= 11 is 0. The third-order valence-electron chi connectivity index (χ3n) is 3.01. The van der Waals surface area contributed by atoms with Crippen molar-refractivity contribution in [3.05, 3.63) is 0 Å². The molecule has 1 atom stereocenters. The van der Waals surface area contributed by atoms with E-state index < -0.39 is 15.6 Å². The second-order valence-corrected chi connectivity index (χ2v) is 6.43. The summed E-state index contributed by atoms with van der Waals surface area (Å²) in [5.41, 5.74) is -0.514. The lowest BCUT2D eigenvalue weighted by molar-refractivity contribution is -0.127. The predicted molar refractivity (Wildman–Crippen MR) is 65.9 cm³/mol. The molecule has 100 valence electrons. The van der Waals surface area contributed by atoms with Crippen LogP contribution in [0.1, 0.15) is 32.6 Å². The van der Waals surface area contributed by atoms with Crippen LogP contribution in [0.3, 0.4) is 0 Å². The van der Waals surface area contributed by atoms with Crippen molar-refractivity contribution in [1.82, 2.24) is 10.6 Å². The number of piperidine rings is 1. The van der Waals surface area contributed by atoms with Gasteiger partial charge in [-0.15, -0.1) is 0 Å². The van der Waals surface area contributed by atoms with Crippen molar-refractivity contribution in [2.75, 3.05) is 18.8 Å². The van der Waals surface area contributed by atoms with Gasteiger partial charge in [0.2, 0.25) is 15.9 Å². The zero-order valence-electron chi connectivity index (χ0n) is 10.2. The summed E-state index contributed by atoms with van der Waals surface area (Å²) in [5, 5.41) is 10.8. The topological polar surface area (TPSA) is 101 Å². The number of nitrogens with two attached hydrogens (primary N) is 1. The van der Waals surface area contributed by atoms with Crippen molar-refractivity contribution in [1.29, 1.82) is 0 Å². The van der Waals surface area contributed by atoms with E-state index in [1.54, 1.807) is 0 Å². The zero-order valence-corrected chi connectivity index (χ0v) is 11.0. The van der Waals surface area contributed by atoms with Crippen LogP contribution < -0.4 is 15.8 Å². The van der Waals surface area contributed by atoms with E-state index in [9.17, 15) is 13.2 Å². The molecule has 6 nitrogen and oxygen atoms in total. The van der Waals surface area contributed by atoms with Gasteiger partial charge >= 0.3 is 0 Å². The van der Waals surface area contributed by atoms with Crippen LogP contribution in [0, 0.1) is 0 Å². The third kappa shape index (κ3) is 5.01. The van der Waals surface area contributed by atoms with Crippen LogP contribution in [0.5, 0.6) is 0 Å². The van der Waals surface area contributed by atoms with E-state index in [1.165, 1.54) is 0 Å². The lowest BCUT2D eigenvalue weighted by Gasteiger charge is -2.33. The van der Waals surface area contributed by atoms with Gasteiger partial charge in [-0.25, -0.2) is 13.6 Å². The molecule has 0 spiro atoms. The highest BCUT2D eigenvalue weighted by atomic mass is 32.2. The molecule has 0 bridgehead atoms. The van der Waals surface area contributed by atoms with Crippen molar-refractivity contribution in [3.8, 4) is 0 Å². The number of rotatable bonds is 5. The van der Waals surface area contributed by atoms with Gasteiger partial charge in [-0.2, -0.15) is 0 Å². The molecule has 1 amide bonds. The van der Waals surface area contributed by atoms with Crippen LogP contribution in [0.15, 0.2) is 0 Å². The average Bonchev–Trinajstić information content (AvgIpc) is 2.24. The molecule has 1 aliphatic rings. The third-order valence-corrected chi connectivity index (χ3v) is 3.87. The van der Waals surface area contributed by atoms with E-state index in [2.05, 4.69) is 10.6 Å². The smallest absolute Gasteiger partial charge is 0.240 e. The molecule has 0 saturated carbocycles. The Kier molecular flexibility index (Phi) is 4.91. The minimum Gasteiger partial charge on any atom is -0.354 e. The van der Waals surface area contributed by atoms with Gasteiger partial charge in [0.1, 0.15) is 0 Å². The molecule has 1 unspecified atom stereocenters. The summed E-state index contributed by atoms with van der Waals surface area (Å²) < 4.78 is 21.4. The Morgan fingerprint density at radius 3 is 2.71 bits per heavy atom. The maximum absolute atomic E-state index is 11.9. The van der Waals surface area contributed by atoms with Gasteiger partial charge in [0.25, 0.3) is 0 Å². The molecule has 0 aliphatic carbocycles. The van der Waals surface area contributed by atoms with Crippen LogP contribution >= 0.6 is 0 Å². The molecular formula is C10H21N3O3S. The lowest BCUT2D eigenvalue weighted by Crippen LogP contribution is -2.57. The van der Waals surface area contributed by atoms with Crippen LogP contribution in [0.4, 0.5) is 0 Å². The number of sulfonamides is 1. The lowest BCUT2D eigenvalue weighted by atomic mass is 9.90. The first-order valence-electron chi connectivity index (χ1n) is 5.87. The molecule has 1 saturated heterocycles. The molecule has 0 aromatic heterocycles. The summed E-state index contributed by atoms with van der Waals surface area (Å²) in [6.45, 7) is 3.06. The summed E-state index contributed by atoms with van der Waals surface area (Å²) in [5.74, 6) is -0.163. The zero-order chi connectivity index (χ0) is 12.9. The van der Waals surface area contributed by atoms with Gasteiger partial charge in [0.15, 0.2) is 0 Å². The van der Waals surface area contributed by atoms with Crippen LogP contribution in [0.25, 0.3) is 0 Å². The Morgan fingerprint density at radius 1 is 1.47 bits per heavy atom. The highest BCUT2D eigenvalue weighted by molar-refractivity contribution is 7.89. The van der Waals surface area contributed by atoms with Crippen molar-refractivity contribution in [2.45, 2.75) is 38.1 Å². The number of carbonyl (C=O) groups is 1. The standard InChI is InChI=1S/C10H21N3O3S/c1-10(5-2-3-7-13-10)9(14)12-6-4-8-17(11,15)16/h13H,2-8H2,1H3,(H,12,14)(H2,11,15,16). The number of amides is 1. The second kappa shape index (κ2) is 5.79. The molecule has 0 aromatic rings. The Hall–Kier alpha value is -0.660. The molecular weight excluding hydrogens is 242 g/mol. The largest absolute Gasteiger partial charge is 0.354 e. The van der Waals surface area contributed by atoms with E-state index in [0.29, 0.717) is 13.0 Å². The van der Waals surface area contributed by atoms with Crippen molar-refractivity contribution < 1.29 is 13.2 Å². The first-order chi connectivity index (χ1) is 7.83. The fraction of sp³-hybridized carbons (Fsp3) is 0.900. The molecule has 0 aromatic carbocycles. The number of hydrogen-bond acceptors (Lipinski definition) is 4. The monoisotopic (exact) mass is 263 g/mol. The van der Waals surface area contributed by atoms with Gasteiger partial charge in [-0.1, -0.05) is 0 Å². The molecule has 17 heavy (non-hydrogen) atoms. The summed E-state index contributed by atoms with van der Waals surface area (Å²) in [6, 6.07) is 0. The Morgan fingerprint density at radius 2 is 2.18 bits per heavy atom. The minimum absolute atomic E-state index is 0.0633. The SMILES string of the molecule is CC1(C(=O)NCCCS(N)(=O)=O)CCCCN1. The summed E-state index contributed by atoms with van der Waals surface area (Å²) in [7, 11) is -3.43. The molecule has 4 N–H and O–H groups in total. The maximum Gasteiger partial charge on any atom is 0.240 e. The fourth-order valence-electron chi connectivity index (χ4n) is 1.92. The quantitative estimate of drug-likeness (QED) is 0.572. The molecule has 1 heterocycles. The summed E-state index contributed by atoms with van der Waals surface area (Å²) in [4.78, 5) is 11.9. The number of carbonyl (C=O) groups excluding carboxylic acids is 1. The molecule has 7 heteroatoms. The van der Waals surface area contributed by atoms with Crippen LogP contribution in [-0.2, 0) is 14.8 Å². The van der Waals surface area contributed by atoms with E-state index in [-0.39, 0.29) is 11.7 Å². The van der Waals surface area contributed by atoms with E-state index in [1.807, 2.05) is 6.92 Å². The van der Waals surface area contributed by atoms with Gasteiger partial charge in [0.05, 0.1) is 11.3 Å². The summed E-state index contributed by atoms with van der Waals surface area (Å²) in [6.07, 6.45) is 3.29. The minimum atomic E-state index is -3.43. The Labute approximate surface area is 102 Å². The van der Waals surface area contributed by atoms with Crippen molar-refractivity contribution >= 4 is 15.9 Å². The van der Waals surface area contributed by atoms with Gasteiger partial charge in [0, 0.05) is 6.54 Å². The van der Waals surface area contributed by atoms with Gasteiger partial charge < -0.3 is 10.6 Å². The molecule has 1 aliphatic heterocycles. The molecule has 1 fully saturated rings. The van der Waals surface area contributed by atoms with Crippen LogP contribution in [-0.4, -0.2) is 38.7 Å². The number of primary sulfonamides is 1.